The van der Waals surface area contributed by atoms with E-state index in [-0.39, 0.29) is 4.90 Å². The van der Waals surface area contributed by atoms with Gasteiger partial charge in [-0.15, -0.1) is 0 Å². The van der Waals surface area contributed by atoms with Crippen LogP contribution in [0, 0.1) is 0 Å². The molecule has 0 amide bonds. The topological polar surface area (TPSA) is 49.4 Å². The van der Waals surface area contributed by atoms with Crippen LogP contribution in [0.1, 0.15) is 79.1 Å². The summed E-state index contributed by atoms with van der Waals surface area (Å²) >= 11 is -2.14. The number of hydrogen-bond acceptors (Lipinski definition) is 3. The molecule has 164 valence electrons. The highest BCUT2D eigenvalue weighted by Gasteiger charge is 2.24. The Morgan fingerprint density at radius 2 is 1.14 bits per heavy atom. The molecule has 28 heavy (non-hydrogen) atoms. The Kier molecular flexibility index (Phi) is 16.4. The molecule has 5 heteroatoms. The standard InChI is InChI=1S/C16H36N.C7H8O3S/c1-5-9-13-17(14-10-6-2,15-11-7-3)16-12-8-4;1-10-6-2-4-7(5-3-6)11(8)9/h5-16H2,1-4H3;2-5H,1H3,(H,8,9)/q+1;/p-1. The lowest BCUT2D eigenvalue weighted by molar-refractivity contribution is -0.929. The van der Waals surface area contributed by atoms with Gasteiger partial charge >= 0.3 is 0 Å². The van der Waals surface area contributed by atoms with E-state index in [1.165, 1.54) is 101 Å². The number of nitrogens with zero attached hydrogens (tertiary/aromatic N) is 1. The van der Waals surface area contributed by atoms with Gasteiger partial charge in [0.25, 0.3) is 0 Å². The van der Waals surface area contributed by atoms with Gasteiger partial charge < -0.3 is 13.8 Å². The molecule has 0 radical (unpaired) electrons. The summed E-state index contributed by atoms with van der Waals surface area (Å²) in [5.74, 6) is 0.652. The van der Waals surface area contributed by atoms with Crippen LogP contribution in [0.25, 0.3) is 0 Å². The molecule has 0 aliphatic rings. The van der Waals surface area contributed by atoms with Crippen LogP contribution < -0.4 is 4.74 Å². The molecule has 0 aliphatic carbocycles. The molecule has 0 aromatic heterocycles. The maximum absolute atomic E-state index is 10.4. The quantitative estimate of drug-likeness (QED) is 0.280. The predicted octanol–water partition coefficient (Wildman–Crippen LogP) is 5.94. The lowest BCUT2D eigenvalue weighted by atomic mass is 10.1. The van der Waals surface area contributed by atoms with E-state index in [0.717, 1.165) is 0 Å². The monoisotopic (exact) mass is 413 g/mol. The average molecular weight is 414 g/mol. The maximum atomic E-state index is 10.4. The van der Waals surface area contributed by atoms with Crippen LogP contribution >= 0.6 is 0 Å². The van der Waals surface area contributed by atoms with Gasteiger partial charge in [-0.1, -0.05) is 53.4 Å². The highest BCUT2D eigenvalue weighted by atomic mass is 32.2. The van der Waals surface area contributed by atoms with E-state index >= 15 is 0 Å². The number of ether oxygens (including phenoxy) is 1. The lowest BCUT2D eigenvalue weighted by Crippen LogP contribution is -2.50. The number of rotatable bonds is 14. The summed E-state index contributed by atoms with van der Waals surface area (Å²) in [5, 5.41) is 0. The fraction of sp³-hybridized carbons (Fsp3) is 0.739. The van der Waals surface area contributed by atoms with Crippen molar-refractivity contribution in [1.82, 2.24) is 0 Å². The van der Waals surface area contributed by atoms with Gasteiger partial charge in [-0.2, -0.15) is 0 Å². The van der Waals surface area contributed by atoms with Crippen molar-refractivity contribution < 1.29 is 18.0 Å². The van der Waals surface area contributed by atoms with Crippen LogP contribution in [0.2, 0.25) is 0 Å². The smallest absolute Gasteiger partial charge is 0.118 e. The number of benzene rings is 1. The molecule has 1 atom stereocenters. The SMILES string of the molecule is CCCC[N+](CCCC)(CCCC)CCCC.COc1ccc(S(=O)[O-])cc1. The zero-order valence-electron chi connectivity index (χ0n) is 18.9. The van der Waals surface area contributed by atoms with Crippen molar-refractivity contribution in [1.29, 1.82) is 0 Å². The van der Waals surface area contributed by atoms with Gasteiger partial charge in [-0.3, -0.25) is 4.21 Å². The van der Waals surface area contributed by atoms with Crippen molar-refractivity contribution in [2.45, 2.75) is 84.0 Å². The summed E-state index contributed by atoms with van der Waals surface area (Å²) in [6.07, 6.45) is 11.1. The third-order valence-corrected chi connectivity index (χ3v) is 5.85. The first-order valence-corrected chi connectivity index (χ1v) is 12.1. The first-order chi connectivity index (χ1) is 13.5. The molecule has 4 nitrogen and oxygen atoms in total. The number of unbranched alkanes of at least 4 members (excludes halogenated alkanes) is 4. The predicted molar refractivity (Wildman–Crippen MR) is 120 cm³/mol. The van der Waals surface area contributed by atoms with Crippen molar-refractivity contribution in [3.63, 3.8) is 0 Å². The van der Waals surface area contributed by atoms with Crippen LogP contribution in [-0.4, -0.2) is 46.5 Å². The molecule has 0 heterocycles. The van der Waals surface area contributed by atoms with E-state index < -0.39 is 11.1 Å². The minimum Gasteiger partial charge on any atom is -0.768 e. The third kappa shape index (κ3) is 11.8. The molecule has 1 aromatic rings. The van der Waals surface area contributed by atoms with Gasteiger partial charge in [0.05, 0.1) is 33.3 Å². The Bertz CT molecular complexity index is 468. The second kappa shape index (κ2) is 17.0. The molecule has 1 rings (SSSR count). The Hall–Kier alpha value is -0.910. The Balaban J connectivity index is 0.000000567. The summed E-state index contributed by atoms with van der Waals surface area (Å²) in [6, 6.07) is 6.18. The molecule has 0 saturated carbocycles. The van der Waals surface area contributed by atoms with Gasteiger partial charge in [-0.05, 0) is 61.0 Å². The van der Waals surface area contributed by atoms with Crippen molar-refractivity contribution in [2.75, 3.05) is 33.3 Å². The Morgan fingerprint density at radius 3 is 1.39 bits per heavy atom. The first kappa shape index (κ1) is 27.1. The van der Waals surface area contributed by atoms with E-state index in [2.05, 4.69) is 27.7 Å². The van der Waals surface area contributed by atoms with Gasteiger partial charge in [0.1, 0.15) is 5.75 Å². The number of quaternary nitrogens is 1. The van der Waals surface area contributed by atoms with Crippen molar-refractivity contribution in [2.24, 2.45) is 0 Å². The average Bonchev–Trinajstić information content (AvgIpc) is 2.73. The first-order valence-electron chi connectivity index (χ1n) is 11.1. The highest BCUT2D eigenvalue weighted by Crippen LogP contribution is 2.16. The molecule has 0 spiro atoms. The summed E-state index contributed by atoms with van der Waals surface area (Å²) < 4.78 is 27.0. The minimum absolute atomic E-state index is 0.269. The van der Waals surface area contributed by atoms with Crippen LogP contribution in [-0.2, 0) is 11.1 Å². The molecular weight excluding hydrogens is 370 g/mol. The molecule has 0 aliphatic heterocycles. The molecular formula is C23H43NO3S. The van der Waals surface area contributed by atoms with E-state index in [1.54, 1.807) is 12.1 Å². The summed E-state index contributed by atoms with van der Waals surface area (Å²) in [4.78, 5) is 0.269. The Morgan fingerprint density at radius 1 is 0.786 bits per heavy atom. The largest absolute Gasteiger partial charge is 0.768 e. The zero-order chi connectivity index (χ0) is 21.3. The fourth-order valence-electron chi connectivity index (χ4n) is 3.33. The van der Waals surface area contributed by atoms with Gasteiger partial charge in [0.15, 0.2) is 0 Å². The van der Waals surface area contributed by atoms with Gasteiger partial charge in [-0.25, -0.2) is 0 Å². The summed E-state index contributed by atoms with van der Waals surface area (Å²) in [6.45, 7) is 15.0. The van der Waals surface area contributed by atoms with Crippen molar-refractivity contribution in [3.05, 3.63) is 24.3 Å². The second-order valence-corrected chi connectivity index (χ2v) is 8.50. The summed E-state index contributed by atoms with van der Waals surface area (Å²) in [7, 11) is 1.53. The molecule has 1 aromatic carbocycles. The molecule has 0 fully saturated rings. The third-order valence-electron chi connectivity index (χ3n) is 5.20. The number of methoxy groups -OCH3 is 1. The molecule has 1 unspecified atom stereocenters. The number of hydrogen-bond donors (Lipinski definition) is 0. The van der Waals surface area contributed by atoms with E-state index in [9.17, 15) is 8.76 Å². The van der Waals surface area contributed by atoms with Crippen LogP contribution in [0.4, 0.5) is 0 Å². The molecule has 0 N–H and O–H groups in total. The lowest BCUT2D eigenvalue weighted by Gasteiger charge is -2.39. The Labute approximate surface area is 176 Å². The highest BCUT2D eigenvalue weighted by molar-refractivity contribution is 7.79. The second-order valence-electron chi connectivity index (χ2n) is 7.56. The summed E-state index contributed by atoms with van der Waals surface area (Å²) in [5.41, 5.74) is 0. The van der Waals surface area contributed by atoms with Crippen molar-refractivity contribution >= 4 is 11.1 Å². The van der Waals surface area contributed by atoms with Gasteiger partial charge in [0.2, 0.25) is 0 Å². The van der Waals surface area contributed by atoms with Crippen molar-refractivity contribution in [3.8, 4) is 5.75 Å². The normalized spacial score (nSPS) is 12.2. The minimum atomic E-state index is -2.14. The van der Waals surface area contributed by atoms with E-state index in [4.69, 9.17) is 4.74 Å². The van der Waals surface area contributed by atoms with Crippen LogP contribution in [0.5, 0.6) is 5.75 Å². The zero-order valence-corrected chi connectivity index (χ0v) is 19.7. The molecule has 0 saturated heterocycles. The van der Waals surface area contributed by atoms with E-state index in [1.807, 2.05) is 0 Å². The van der Waals surface area contributed by atoms with Crippen LogP contribution in [0.15, 0.2) is 29.2 Å². The maximum Gasteiger partial charge on any atom is 0.118 e. The fourth-order valence-corrected chi connectivity index (χ4v) is 3.69. The van der Waals surface area contributed by atoms with Gasteiger partial charge in [0, 0.05) is 4.90 Å². The van der Waals surface area contributed by atoms with E-state index in [0.29, 0.717) is 5.75 Å². The van der Waals surface area contributed by atoms with Crippen LogP contribution in [0.3, 0.4) is 0 Å². The molecule has 0 bridgehead atoms.